The molecule has 0 aliphatic heterocycles. The number of hydrogen-bond donors (Lipinski definition) is 2. The lowest BCUT2D eigenvalue weighted by molar-refractivity contribution is 0.231. The zero-order valence-corrected chi connectivity index (χ0v) is 13.5. The average molecular weight is 306 g/mol. The molecule has 0 aliphatic carbocycles. The molecule has 0 bridgehead atoms. The second-order valence-electron chi connectivity index (χ2n) is 5.17. The number of urea groups is 1. The lowest BCUT2D eigenvalue weighted by Crippen LogP contribution is -2.40. The third-order valence-corrected chi connectivity index (χ3v) is 4.28. The molecule has 2 aromatic heterocycles. The zero-order chi connectivity index (χ0) is 15.2. The summed E-state index contributed by atoms with van der Waals surface area (Å²) in [6, 6.07) is 8.11. The lowest BCUT2D eigenvalue weighted by atomic mass is 10.2. The van der Waals surface area contributed by atoms with Gasteiger partial charge in [-0.1, -0.05) is 6.07 Å². The van der Waals surface area contributed by atoms with E-state index in [9.17, 15) is 4.79 Å². The molecule has 5 nitrogen and oxygen atoms in total. The van der Waals surface area contributed by atoms with Gasteiger partial charge in [0.05, 0.1) is 12.6 Å². The van der Waals surface area contributed by atoms with Crippen LogP contribution in [0.5, 0.6) is 0 Å². The van der Waals surface area contributed by atoms with E-state index in [2.05, 4.69) is 26.2 Å². The highest BCUT2D eigenvalue weighted by Crippen LogP contribution is 2.17. The van der Waals surface area contributed by atoms with E-state index in [4.69, 9.17) is 0 Å². The molecule has 2 aromatic rings. The number of nitrogens with zero attached hydrogens (tertiary/aromatic N) is 2. The van der Waals surface area contributed by atoms with Crippen LogP contribution in [0.15, 0.2) is 35.8 Å². The fraction of sp³-hybridized carbons (Fsp3) is 0.400. The number of carbonyl (C=O) groups excluding carboxylic acids is 1. The highest BCUT2D eigenvalue weighted by molar-refractivity contribution is 7.09. The van der Waals surface area contributed by atoms with Crippen LogP contribution in [0.4, 0.5) is 4.79 Å². The van der Waals surface area contributed by atoms with E-state index in [0.29, 0.717) is 13.1 Å². The summed E-state index contributed by atoms with van der Waals surface area (Å²) < 4.78 is 2.08. The normalized spacial score (nSPS) is 12.4. The highest BCUT2D eigenvalue weighted by atomic mass is 32.1. The van der Waals surface area contributed by atoms with E-state index >= 15 is 0 Å². The standard InChI is InChI=1S/C15H22N4OS/c1-18(2)14(13-7-4-8-19(13)3)11-17-15(20)16-10-12-6-5-9-21-12/h4-9,14H,10-11H2,1-3H3,(H2,16,17,20)/t14-/m0/s1. The molecule has 0 unspecified atom stereocenters. The van der Waals surface area contributed by atoms with Crippen LogP contribution in [-0.4, -0.2) is 36.1 Å². The first kappa shape index (κ1) is 15.6. The maximum absolute atomic E-state index is 11.9. The summed E-state index contributed by atoms with van der Waals surface area (Å²) in [4.78, 5) is 15.1. The van der Waals surface area contributed by atoms with Gasteiger partial charge in [0, 0.05) is 30.4 Å². The number of hydrogen-bond acceptors (Lipinski definition) is 3. The van der Waals surface area contributed by atoms with Crippen LogP contribution in [0.1, 0.15) is 16.6 Å². The van der Waals surface area contributed by atoms with Gasteiger partial charge in [-0.2, -0.15) is 0 Å². The Morgan fingerprint density at radius 3 is 2.71 bits per heavy atom. The maximum atomic E-state index is 11.9. The molecule has 0 radical (unpaired) electrons. The van der Waals surface area contributed by atoms with Crippen LogP contribution in [-0.2, 0) is 13.6 Å². The third-order valence-electron chi connectivity index (χ3n) is 3.41. The van der Waals surface area contributed by atoms with Crippen LogP contribution >= 0.6 is 11.3 Å². The summed E-state index contributed by atoms with van der Waals surface area (Å²) in [6.07, 6.45) is 2.02. The minimum Gasteiger partial charge on any atom is -0.353 e. The van der Waals surface area contributed by atoms with Gasteiger partial charge >= 0.3 is 6.03 Å². The molecule has 0 saturated carbocycles. The van der Waals surface area contributed by atoms with Gasteiger partial charge in [0.2, 0.25) is 0 Å². The number of rotatable bonds is 6. The van der Waals surface area contributed by atoms with Gasteiger partial charge in [0.1, 0.15) is 0 Å². The Morgan fingerprint density at radius 1 is 1.33 bits per heavy atom. The minimum atomic E-state index is -0.135. The van der Waals surface area contributed by atoms with E-state index in [1.54, 1.807) is 11.3 Å². The molecule has 0 spiro atoms. The molecule has 1 atom stereocenters. The lowest BCUT2D eigenvalue weighted by Gasteiger charge is -2.25. The predicted octanol–water partition coefficient (Wildman–Crippen LogP) is 2.19. The van der Waals surface area contributed by atoms with Crippen LogP contribution in [0.3, 0.4) is 0 Å². The summed E-state index contributed by atoms with van der Waals surface area (Å²) in [7, 11) is 6.05. The van der Waals surface area contributed by atoms with Crippen molar-refractivity contribution in [3.05, 3.63) is 46.4 Å². The molecular formula is C15H22N4OS. The molecule has 2 amide bonds. The first-order chi connectivity index (χ1) is 10.1. The number of amides is 2. The molecular weight excluding hydrogens is 284 g/mol. The van der Waals surface area contributed by atoms with Gasteiger partial charge in [-0.25, -0.2) is 4.79 Å². The summed E-state index contributed by atoms with van der Waals surface area (Å²) in [5.74, 6) is 0. The molecule has 0 fully saturated rings. The summed E-state index contributed by atoms with van der Waals surface area (Å²) in [5.41, 5.74) is 1.18. The minimum absolute atomic E-state index is 0.135. The molecule has 6 heteroatoms. The molecule has 2 heterocycles. The van der Waals surface area contributed by atoms with Gasteiger partial charge in [0.25, 0.3) is 0 Å². The van der Waals surface area contributed by atoms with Crippen molar-refractivity contribution in [1.82, 2.24) is 20.1 Å². The van der Waals surface area contributed by atoms with Gasteiger partial charge < -0.3 is 15.2 Å². The molecule has 2 rings (SSSR count). The number of thiophene rings is 1. The number of nitrogens with one attached hydrogen (secondary N) is 2. The van der Waals surface area contributed by atoms with Crippen molar-refractivity contribution in [3.63, 3.8) is 0 Å². The molecule has 2 N–H and O–H groups in total. The Labute approximate surface area is 129 Å². The Morgan fingerprint density at radius 2 is 2.14 bits per heavy atom. The smallest absolute Gasteiger partial charge is 0.315 e. The van der Waals surface area contributed by atoms with Crippen LogP contribution in [0, 0.1) is 0 Å². The second-order valence-corrected chi connectivity index (χ2v) is 6.20. The van der Waals surface area contributed by atoms with Crippen molar-refractivity contribution in [3.8, 4) is 0 Å². The SMILES string of the molecule is CN(C)[C@@H](CNC(=O)NCc1cccs1)c1cccn1C. The quantitative estimate of drug-likeness (QED) is 0.859. The molecule has 114 valence electrons. The van der Waals surface area contributed by atoms with E-state index in [0.717, 1.165) is 4.88 Å². The first-order valence-corrected chi connectivity index (χ1v) is 7.77. The van der Waals surface area contributed by atoms with E-state index in [-0.39, 0.29) is 12.1 Å². The third kappa shape index (κ3) is 4.34. The second kappa shape index (κ2) is 7.28. The Balaban J connectivity index is 1.84. The maximum Gasteiger partial charge on any atom is 0.315 e. The molecule has 0 aromatic carbocycles. The number of aryl methyl sites for hydroxylation is 1. The summed E-state index contributed by atoms with van der Waals surface area (Å²) in [6.45, 7) is 1.14. The highest BCUT2D eigenvalue weighted by Gasteiger charge is 2.17. The number of carbonyl (C=O) groups is 1. The first-order valence-electron chi connectivity index (χ1n) is 6.89. The van der Waals surface area contributed by atoms with Crippen molar-refractivity contribution < 1.29 is 4.79 Å². The van der Waals surface area contributed by atoms with Gasteiger partial charge in [-0.05, 0) is 37.7 Å². The fourth-order valence-corrected chi connectivity index (χ4v) is 2.85. The van der Waals surface area contributed by atoms with Gasteiger partial charge in [0.15, 0.2) is 0 Å². The number of likely N-dealkylation sites (N-methyl/N-ethyl adjacent to an activating group) is 1. The topological polar surface area (TPSA) is 49.3 Å². The Bertz CT molecular complexity index is 562. The van der Waals surface area contributed by atoms with Crippen molar-refractivity contribution in [2.24, 2.45) is 7.05 Å². The summed E-state index contributed by atoms with van der Waals surface area (Å²) >= 11 is 1.64. The fourth-order valence-electron chi connectivity index (χ4n) is 2.20. The molecule has 21 heavy (non-hydrogen) atoms. The molecule has 0 saturated heterocycles. The van der Waals surface area contributed by atoms with Gasteiger partial charge in [-0.3, -0.25) is 4.90 Å². The van der Waals surface area contributed by atoms with E-state index in [1.807, 2.05) is 50.9 Å². The largest absolute Gasteiger partial charge is 0.353 e. The Kier molecular flexibility index (Phi) is 5.41. The van der Waals surface area contributed by atoms with Crippen molar-refractivity contribution in [2.45, 2.75) is 12.6 Å². The molecule has 0 aliphatic rings. The average Bonchev–Trinajstić information content (AvgIpc) is 3.08. The van der Waals surface area contributed by atoms with E-state index in [1.165, 1.54) is 5.69 Å². The van der Waals surface area contributed by atoms with E-state index < -0.39 is 0 Å². The van der Waals surface area contributed by atoms with Crippen LogP contribution in [0.2, 0.25) is 0 Å². The van der Waals surface area contributed by atoms with Crippen molar-refractivity contribution >= 4 is 17.4 Å². The van der Waals surface area contributed by atoms with Crippen LogP contribution in [0.25, 0.3) is 0 Å². The van der Waals surface area contributed by atoms with Crippen LogP contribution < -0.4 is 10.6 Å². The van der Waals surface area contributed by atoms with Crippen molar-refractivity contribution in [2.75, 3.05) is 20.6 Å². The van der Waals surface area contributed by atoms with Crippen molar-refractivity contribution in [1.29, 1.82) is 0 Å². The van der Waals surface area contributed by atoms with Gasteiger partial charge in [-0.15, -0.1) is 11.3 Å². The number of aromatic nitrogens is 1. The Hall–Kier alpha value is -1.79. The zero-order valence-electron chi connectivity index (χ0n) is 12.7. The predicted molar refractivity (Wildman–Crippen MR) is 86.4 cm³/mol. The monoisotopic (exact) mass is 306 g/mol. The summed E-state index contributed by atoms with van der Waals surface area (Å²) in [5, 5.41) is 7.82.